The van der Waals surface area contributed by atoms with Gasteiger partial charge in [0.15, 0.2) is 5.75 Å². The molecule has 9 heteroatoms. The smallest absolute Gasteiger partial charge is 0.248 e. The lowest BCUT2D eigenvalue weighted by Crippen LogP contribution is -2.59. The fourth-order valence-corrected chi connectivity index (χ4v) is 4.94. The average molecular weight is 348 g/mol. The van der Waals surface area contributed by atoms with Crippen molar-refractivity contribution in [2.24, 2.45) is 0 Å². The molecule has 7 nitrogen and oxygen atoms in total. The molecule has 0 bridgehead atoms. The number of rotatable bonds is 2. The molecule has 0 saturated carbocycles. The minimum atomic E-state index is -3.91. The standard InChI is InChI=1S/C13H18ClN3O4S/c14-10-1-2-11(15)12(18)13(10)22(19,20)17-4-3-16-5-6-21-8-9(16)7-17/h1-2,9,18H,3-8,15H2/t9-/m0/s1. The maximum atomic E-state index is 12.8. The normalized spacial score (nSPS) is 24.1. The van der Waals surface area contributed by atoms with Crippen LogP contribution in [0.4, 0.5) is 5.69 Å². The van der Waals surface area contributed by atoms with Gasteiger partial charge in [-0.3, -0.25) is 4.90 Å². The molecule has 1 atom stereocenters. The van der Waals surface area contributed by atoms with E-state index < -0.39 is 15.8 Å². The summed E-state index contributed by atoms with van der Waals surface area (Å²) in [6.45, 7) is 3.28. The number of fused-ring (bicyclic) bond motifs is 1. The van der Waals surface area contributed by atoms with Crippen molar-refractivity contribution in [1.29, 1.82) is 0 Å². The Morgan fingerprint density at radius 2 is 2.09 bits per heavy atom. The van der Waals surface area contributed by atoms with E-state index in [9.17, 15) is 13.5 Å². The molecular weight excluding hydrogens is 330 g/mol. The van der Waals surface area contributed by atoms with Crippen molar-refractivity contribution in [3.8, 4) is 5.75 Å². The Morgan fingerprint density at radius 1 is 1.32 bits per heavy atom. The third-order valence-electron chi connectivity index (χ3n) is 4.11. The van der Waals surface area contributed by atoms with Crippen LogP contribution >= 0.6 is 11.6 Å². The molecule has 1 aromatic rings. The van der Waals surface area contributed by atoms with Gasteiger partial charge in [0.2, 0.25) is 10.0 Å². The van der Waals surface area contributed by atoms with Gasteiger partial charge in [-0.2, -0.15) is 4.31 Å². The van der Waals surface area contributed by atoms with E-state index in [1.165, 1.54) is 16.4 Å². The lowest BCUT2D eigenvalue weighted by atomic mass is 10.2. The summed E-state index contributed by atoms with van der Waals surface area (Å²) in [5, 5.41) is 9.99. The molecule has 3 N–H and O–H groups in total. The van der Waals surface area contributed by atoms with Gasteiger partial charge < -0.3 is 15.6 Å². The van der Waals surface area contributed by atoms with Crippen molar-refractivity contribution in [2.75, 3.05) is 45.1 Å². The Bertz CT molecular complexity index is 682. The molecule has 3 rings (SSSR count). The first-order chi connectivity index (χ1) is 10.4. The Balaban J connectivity index is 1.92. The second-order valence-corrected chi connectivity index (χ2v) is 7.72. The zero-order chi connectivity index (χ0) is 15.9. The van der Waals surface area contributed by atoms with Gasteiger partial charge in [-0.1, -0.05) is 11.6 Å². The number of halogens is 1. The molecule has 1 aromatic carbocycles. The number of phenols is 1. The number of hydrogen-bond acceptors (Lipinski definition) is 6. The SMILES string of the molecule is Nc1ccc(Cl)c(S(=O)(=O)N2CCN3CCOC[C@@H]3C2)c1O. The highest BCUT2D eigenvalue weighted by molar-refractivity contribution is 7.89. The van der Waals surface area contributed by atoms with Crippen molar-refractivity contribution >= 4 is 27.3 Å². The van der Waals surface area contributed by atoms with Crippen LogP contribution in [-0.4, -0.2) is 68.2 Å². The lowest BCUT2D eigenvalue weighted by Gasteiger charge is -2.43. The summed E-state index contributed by atoms with van der Waals surface area (Å²) >= 11 is 5.99. The van der Waals surface area contributed by atoms with Crippen LogP contribution in [0.5, 0.6) is 5.75 Å². The number of aromatic hydroxyl groups is 1. The van der Waals surface area contributed by atoms with Gasteiger partial charge in [0.25, 0.3) is 0 Å². The topological polar surface area (TPSA) is 96.1 Å². The number of morpholine rings is 1. The summed E-state index contributed by atoms with van der Waals surface area (Å²) < 4.78 is 32.4. The zero-order valence-corrected chi connectivity index (χ0v) is 13.5. The third kappa shape index (κ3) is 2.65. The van der Waals surface area contributed by atoms with E-state index in [1.54, 1.807) is 0 Å². The number of nitrogens with two attached hydrogens (primary N) is 1. The first kappa shape index (κ1) is 15.8. The Hall–Kier alpha value is -1.06. The van der Waals surface area contributed by atoms with Gasteiger partial charge in [0.05, 0.1) is 23.9 Å². The molecule has 0 radical (unpaired) electrons. The summed E-state index contributed by atoms with van der Waals surface area (Å²) in [6, 6.07) is 2.78. The number of phenolic OH excluding ortho intramolecular Hbond substituents is 1. The van der Waals surface area contributed by atoms with Crippen molar-refractivity contribution in [1.82, 2.24) is 9.21 Å². The Labute approximate surface area is 134 Å². The van der Waals surface area contributed by atoms with E-state index in [4.69, 9.17) is 22.1 Å². The second-order valence-electron chi connectivity index (χ2n) is 5.44. The van der Waals surface area contributed by atoms with Crippen LogP contribution in [0.1, 0.15) is 0 Å². The van der Waals surface area contributed by atoms with Crippen molar-refractivity contribution in [3.63, 3.8) is 0 Å². The molecule has 122 valence electrons. The number of piperazine rings is 1. The summed E-state index contributed by atoms with van der Waals surface area (Å²) in [5.41, 5.74) is 5.59. The summed E-state index contributed by atoms with van der Waals surface area (Å²) in [6.07, 6.45) is 0. The first-order valence-electron chi connectivity index (χ1n) is 7.00. The maximum absolute atomic E-state index is 12.8. The molecular formula is C13H18ClN3O4S. The third-order valence-corrected chi connectivity index (χ3v) is 6.48. The molecule has 2 aliphatic rings. The van der Waals surface area contributed by atoms with Crippen LogP contribution < -0.4 is 5.73 Å². The fraction of sp³-hybridized carbons (Fsp3) is 0.538. The molecule has 2 heterocycles. The van der Waals surface area contributed by atoms with Crippen LogP contribution in [0.2, 0.25) is 5.02 Å². The molecule has 2 saturated heterocycles. The van der Waals surface area contributed by atoms with Crippen LogP contribution in [0.15, 0.2) is 17.0 Å². The molecule has 2 fully saturated rings. The van der Waals surface area contributed by atoms with E-state index in [2.05, 4.69) is 4.90 Å². The van der Waals surface area contributed by atoms with Crippen LogP contribution in [0.25, 0.3) is 0 Å². The monoisotopic (exact) mass is 347 g/mol. The summed E-state index contributed by atoms with van der Waals surface area (Å²) in [7, 11) is -3.91. The Morgan fingerprint density at radius 3 is 2.86 bits per heavy atom. The minimum Gasteiger partial charge on any atom is -0.504 e. The number of nitrogen functional groups attached to an aromatic ring is 1. The number of ether oxygens (including phenoxy) is 1. The molecule has 0 aromatic heterocycles. The van der Waals surface area contributed by atoms with E-state index >= 15 is 0 Å². The van der Waals surface area contributed by atoms with Crippen LogP contribution in [0.3, 0.4) is 0 Å². The van der Waals surface area contributed by atoms with Gasteiger partial charge >= 0.3 is 0 Å². The fourth-order valence-electron chi connectivity index (χ4n) is 2.87. The summed E-state index contributed by atoms with van der Waals surface area (Å²) in [4.78, 5) is 1.90. The molecule has 0 amide bonds. The van der Waals surface area contributed by atoms with Crippen LogP contribution in [0, 0.1) is 0 Å². The molecule has 2 aliphatic heterocycles. The van der Waals surface area contributed by atoms with Crippen molar-refractivity contribution in [3.05, 3.63) is 17.2 Å². The van der Waals surface area contributed by atoms with Crippen LogP contribution in [-0.2, 0) is 14.8 Å². The van der Waals surface area contributed by atoms with Gasteiger partial charge in [-0.25, -0.2) is 8.42 Å². The number of hydrogen-bond donors (Lipinski definition) is 2. The molecule has 0 spiro atoms. The quantitative estimate of drug-likeness (QED) is 0.591. The van der Waals surface area contributed by atoms with Gasteiger partial charge in [-0.15, -0.1) is 0 Å². The van der Waals surface area contributed by atoms with Crippen molar-refractivity contribution < 1.29 is 18.3 Å². The van der Waals surface area contributed by atoms with Crippen molar-refractivity contribution in [2.45, 2.75) is 10.9 Å². The largest absolute Gasteiger partial charge is 0.504 e. The lowest BCUT2D eigenvalue weighted by molar-refractivity contribution is -0.0304. The number of sulfonamides is 1. The van der Waals surface area contributed by atoms with Gasteiger partial charge in [-0.05, 0) is 12.1 Å². The first-order valence-corrected chi connectivity index (χ1v) is 8.82. The van der Waals surface area contributed by atoms with E-state index in [1.807, 2.05) is 0 Å². The number of nitrogens with zero attached hydrogens (tertiary/aromatic N) is 2. The van der Waals surface area contributed by atoms with Gasteiger partial charge in [0, 0.05) is 32.2 Å². The van der Waals surface area contributed by atoms with E-state index in [0.29, 0.717) is 32.8 Å². The molecule has 0 aliphatic carbocycles. The highest BCUT2D eigenvalue weighted by Crippen LogP contribution is 2.37. The highest BCUT2D eigenvalue weighted by Gasteiger charge is 2.38. The predicted octanol–water partition coefficient (Wildman–Crippen LogP) is 0.333. The van der Waals surface area contributed by atoms with Gasteiger partial charge in [0.1, 0.15) is 4.90 Å². The number of anilines is 1. The minimum absolute atomic E-state index is 0.0115. The average Bonchev–Trinajstić information content (AvgIpc) is 2.50. The maximum Gasteiger partial charge on any atom is 0.248 e. The highest BCUT2D eigenvalue weighted by atomic mass is 35.5. The number of benzene rings is 1. The Kier molecular flexibility index (Phi) is 4.21. The zero-order valence-electron chi connectivity index (χ0n) is 11.9. The second kappa shape index (κ2) is 5.86. The van der Waals surface area contributed by atoms with E-state index in [0.717, 1.165) is 6.54 Å². The van der Waals surface area contributed by atoms with E-state index in [-0.39, 0.29) is 21.6 Å². The summed E-state index contributed by atoms with van der Waals surface area (Å²) in [5.74, 6) is -0.491. The predicted molar refractivity (Wildman–Crippen MR) is 82.5 cm³/mol. The molecule has 22 heavy (non-hydrogen) atoms. The molecule has 0 unspecified atom stereocenters.